The van der Waals surface area contributed by atoms with Gasteiger partial charge in [-0.2, -0.15) is 11.3 Å². The lowest BCUT2D eigenvalue weighted by atomic mass is 10.1. The molecule has 0 fully saturated rings. The van der Waals surface area contributed by atoms with E-state index >= 15 is 0 Å². The van der Waals surface area contributed by atoms with E-state index in [0.717, 1.165) is 18.5 Å². The molecule has 2 rings (SSSR count). The van der Waals surface area contributed by atoms with Gasteiger partial charge in [0.05, 0.1) is 6.10 Å². The lowest BCUT2D eigenvalue weighted by molar-refractivity contribution is 0.0984. The van der Waals surface area contributed by atoms with E-state index in [9.17, 15) is 9.50 Å². The van der Waals surface area contributed by atoms with E-state index < -0.39 is 0 Å². The molecule has 0 spiro atoms. The number of allylic oxidation sites excluding steroid dienone is 1. The summed E-state index contributed by atoms with van der Waals surface area (Å²) in [5.74, 6) is -0.223. The van der Waals surface area contributed by atoms with Gasteiger partial charge in [-0.3, -0.25) is 4.90 Å². The van der Waals surface area contributed by atoms with Gasteiger partial charge >= 0.3 is 0 Å². The minimum atomic E-state index is -0.378. The Morgan fingerprint density at radius 1 is 1.18 bits per heavy atom. The van der Waals surface area contributed by atoms with Gasteiger partial charge in [0.2, 0.25) is 0 Å². The van der Waals surface area contributed by atoms with Crippen LogP contribution in [0, 0.1) is 5.82 Å². The first kappa shape index (κ1) is 16.9. The fourth-order valence-corrected chi connectivity index (χ4v) is 3.03. The van der Waals surface area contributed by atoms with Crippen molar-refractivity contribution in [3.8, 4) is 0 Å². The van der Waals surface area contributed by atoms with Crippen molar-refractivity contribution in [1.29, 1.82) is 0 Å². The van der Waals surface area contributed by atoms with E-state index in [1.807, 2.05) is 6.08 Å². The summed E-state index contributed by atoms with van der Waals surface area (Å²) < 4.78 is 13.0. The normalized spacial score (nSPS) is 12.5. The van der Waals surface area contributed by atoms with Crippen molar-refractivity contribution in [3.63, 3.8) is 0 Å². The number of hydrogen-bond acceptors (Lipinski definition) is 3. The van der Waals surface area contributed by atoms with Gasteiger partial charge in [-0.05, 0) is 52.9 Å². The molecule has 0 amide bonds. The van der Waals surface area contributed by atoms with Crippen LogP contribution in [-0.4, -0.2) is 22.7 Å². The predicted molar refractivity (Wildman–Crippen MR) is 90.3 cm³/mol. The van der Waals surface area contributed by atoms with Crippen LogP contribution in [0.2, 0.25) is 0 Å². The molecular weight excluding hydrogens is 297 g/mol. The topological polar surface area (TPSA) is 23.5 Å². The smallest absolute Gasteiger partial charge is 0.123 e. The van der Waals surface area contributed by atoms with Crippen molar-refractivity contribution < 1.29 is 9.50 Å². The zero-order valence-corrected chi connectivity index (χ0v) is 13.4. The van der Waals surface area contributed by atoms with Crippen molar-refractivity contribution in [2.24, 2.45) is 0 Å². The number of hydrogen-bond donors (Lipinski definition) is 1. The molecule has 1 heterocycles. The average Bonchev–Trinajstić information content (AvgIpc) is 3.00. The van der Waals surface area contributed by atoms with Gasteiger partial charge in [0.25, 0.3) is 0 Å². The Bertz CT molecular complexity index is 553. The second-order valence-electron chi connectivity index (χ2n) is 5.45. The number of benzene rings is 1. The Hall–Kier alpha value is -1.49. The lowest BCUT2D eigenvalue weighted by Crippen LogP contribution is -2.31. The zero-order chi connectivity index (χ0) is 15.8. The maximum atomic E-state index is 13.0. The van der Waals surface area contributed by atoms with Crippen molar-refractivity contribution in [3.05, 3.63) is 70.7 Å². The van der Waals surface area contributed by atoms with E-state index in [1.165, 1.54) is 17.7 Å². The number of aliphatic hydroxyl groups excluding tert-OH is 1. The summed E-state index contributed by atoms with van der Waals surface area (Å²) in [4.78, 5) is 2.20. The predicted octanol–water partition coefficient (Wildman–Crippen LogP) is 4.22. The van der Waals surface area contributed by atoms with Gasteiger partial charge in [-0.25, -0.2) is 4.39 Å². The Morgan fingerprint density at radius 2 is 1.91 bits per heavy atom. The Kier molecular flexibility index (Phi) is 6.77. The van der Waals surface area contributed by atoms with Crippen LogP contribution in [0.5, 0.6) is 0 Å². The summed E-state index contributed by atoms with van der Waals surface area (Å²) >= 11 is 1.67. The standard InChI is InChI=1S/C18H22FNOS/c1-2-3-4-18(21)13-20(12-16-9-10-22-14-16)11-15-5-7-17(19)8-6-15/h2,5-10,14,18,21H,1,3-4,11-13H2. The highest BCUT2D eigenvalue weighted by molar-refractivity contribution is 7.07. The molecule has 22 heavy (non-hydrogen) atoms. The highest BCUT2D eigenvalue weighted by Gasteiger charge is 2.13. The van der Waals surface area contributed by atoms with E-state index in [-0.39, 0.29) is 11.9 Å². The monoisotopic (exact) mass is 319 g/mol. The third-order valence-electron chi connectivity index (χ3n) is 3.48. The van der Waals surface area contributed by atoms with Gasteiger partial charge in [-0.1, -0.05) is 18.2 Å². The van der Waals surface area contributed by atoms with Crippen molar-refractivity contribution in [1.82, 2.24) is 4.90 Å². The van der Waals surface area contributed by atoms with Crippen LogP contribution in [0.3, 0.4) is 0 Å². The molecule has 0 saturated carbocycles. The molecule has 2 aromatic rings. The second kappa shape index (κ2) is 8.83. The maximum absolute atomic E-state index is 13.0. The van der Waals surface area contributed by atoms with Crippen LogP contribution in [0.4, 0.5) is 4.39 Å². The van der Waals surface area contributed by atoms with Gasteiger partial charge in [0, 0.05) is 19.6 Å². The maximum Gasteiger partial charge on any atom is 0.123 e. The molecule has 0 bridgehead atoms. The summed E-state index contributed by atoms with van der Waals surface area (Å²) in [7, 11) is 0. The molecule has 1 N–H and O–H groups in total. The van der Waals surface area contributed by atoms with Crippen LogP contribution in [-0.2, 0) is 13.1 Å². The van der Waals surface area contributed by atoms with Gasteiger partial charge in [0.15, 0.2) is 0 Å². The van der Waals surface area contributed by atoms with E-state index in [4.69, 9.17) is 0 Å². The minimum absolute atomic E-state index is 0.223. The Balaban J connectivity index is 2.00. The molecule has 0 aliphatic carbocycles. The van der Waals surface area contributed by atoms with Crippen LogP contribution in [0.15, 0.2) is 53.7 Å². The molecule has 2 nitrogen and oxygen atoms in total. The van der Waals surface area contributed by atoms with E-state index in [1.54, 1.807) is 23.5 Å². The first-order chi connectivity index (χ1) is 10.7. The molecule has 0 aliphatic rings. The van der Waals surface area contributed by atoms with E-state index in [2.05, 4.69) is 28.3 Å². The van der Waals surface area contributed by atoms with E-state index in [0.29, 0.717) is 19.5 Å². The summed E-state index contributed by atoms with van der Waals surface area (Å²) in [5.41, 5.74) is 2.29. The highest BCUT2D eigenvalue weighted by Crippen LogP contribution is 2.14. The summed E-state index contributed by atoms with van der Waals surface area (Å²) in [6.45, 7) is 5.77. The minimum Gasteiger partial charge on any atom is -0.392 e. The van der Waals surface area contributed by atoms with Crippen molar-refractivity contribution in [2.45, 2.75) is 32.0 Å². The molecule has 1 unspecified atom stereocenters. The lowest BCUT2D eigenvalue weighted by Gasteiger charge is -2.25. The summed E-state index contributed by atoms with van der Waals surface area (Å²) in [6, 6.07) is 8.65. The molecule has 0 radical (unpaired) electrons. The van der Waals surface area contributed by atoms with Crippen LogP contribution < -0.4 is 0 Å². The fourth-order valence-electron chi connectivity index (χ4n) is 2.37. The zero-order valence-electron chi connectivity index (χ0n) is 12.6. The molecule has 118 valence electrons. The van der Waals surface area contributed by atoms with Gasteiger partial charge in [-0.15, -0.1) is 6.58 Å². The number of rotatable bonds is 9. The van der Waals surface area contributed by atoms with Gasteiger partial charge < -0.3 is 5.11 Å². The molecular formula is C18H22FNOS. The first-order valence-corrected chi connectivity index (χ1v) is 8.38. The Labute approximate surface area is 135 Å². The third-order valence-corrected chi connectivity index (χ3v) is 4.21. The SMILES string of the molecule is C=CCCC(O)CN(Cc1ccc(F)cc1)Cc1ccsc1. The molecule has 0 aliphatic heterocycles. The summed E-state index contributed by atoms with van der Waals surface area (Å²) in [5, 5.41) is 14.3. The third kappa shape index (κ3) is 5.72. The molecule has 1 aromatic carbocycles. The van der Waals surface area contributed by atoms with Crippen LogP contribution in [0.1, 0.15) is 24.0 Å². The van der Waals surface area contributed by atoms with Crippen LogP contribution in [0.25, 0.3) is 0 Å². The Morgan fingerprint density at radius 3 is 2.55 bits per heavy atom. The number of aliphatic hydroxyl groups is 1. The summed E-state index contributed by atoms with van der Waals surface area (Å²) in [6.07, 6.45) is 2.97. The fraction of sp³-hybridized carbons (Fsp3) is 0.333. The molecule has 0 saturated heterocycles. The number of thiophene rings is 1. The second-order valence-corrected chi connectivity index (χ2v) is 6.23. The van der Waals surface area contributed by atoms with Crippen molar-refractivity contribution >= 4 is 11.3 Å². The largest absolute Gasteiger partial charge is 0.392 e. The van der Waals surface area contributed by atoms with Crippen LogP contribution >= 0.6 is 11.3 Å². The quantitative estimate of drug-likeness (QED) is 0.700. The molecule has 4 heteroatoms. The van der Waals surface area contributed by atoms with Gasteiger partial charge in [0.1, 0.15) is 5.82 Å². The highest BCUT2D eigenvalue weighted by atomic mass is 32.1. The average molecular weight is 319 g/mol. The van der Waals surface area contributed by atoms with Crippen molar-refractivity contribution in [2.75, 3.05) is 6.54 Å². The number of nitrogens with zero attached hydrogens (tertiary/aromatic N) is 1. The molecule has 1 atom stereocenters. The number of halogens is 1. The first-order valence-electron chi connectivity index (χ1n) is 7.44. The molecule has 1 aromatic heterocycles.